The maximum Gasteiger partial charge on any atom is 0.0367 e. The minimum absolute atomic E-state index is 0.408. The van der Waals surface area contributed by atoms with Crippen LogP contribution in [0.4, 0.5) is 0 Å². The van der Waals surface area contributed by atoms with Crippen molar-refractivity contribution in [1.29, 1.82) is 0 Å². The molecule has 0 radical (unpaired) electrons. The molecule has 1 N–H and O–H groups in total. The molecule has 1 atom stereocenters. The summed E-state index contributed by atoms with van der Waals surface area (Å²) in [5.74, 6) is 0. The number of nitrogens with one attached hydrogen (secondary N) is 1. The second kappa shape index (κ2) is 7.07. The van der Waals surface area contributed by atoms with Crippen molar-refractivity contribution >= 4 is 22.6 Å². The Kier molecular flexibility index (Phi) is 6.06. The van der Waals surface area contributed by atoms with Crippen molar-refractivity contribution in [1.82, 2.24) is 5.32 Å². The van der Waals surface area contributed by atoms with Crippen LogP contribution in [0.25, 0.3) is 0 Å². The molecule has 0 aliphatic rings. The molecule has 0 spiro atoms. The zero-order valence-corrected chi connectivity index (χ0v) is 12.3. The van der Waals surface area contributed by atoms with Gasteiger partial charge in [0.15, 0.2) is 0 Å². The molecule has 0 amide bonds. The SMILES string of the molecule is C=C(CC)CC(NCC)c1ccccc1I. The highest BCUT2D eigenvalue weighted by atomic mass is 127. The first-order chi connectivity index (χ1) is 7.69. The van der Waals surface area contributed by atoms with Gasteiger partial charge >= 0.3 is 0 Å². The summed E-state index contributed by atoms with van der Waals surface area (Å²) < 4.78 is 1.33. The summed E-state index contributed by atoms with van der Waals surface area (Å²) in [4.78, 5) is 0. The van der Waals surface area contributed by atoms with Gasteiger partial charge in [-0.15, -0.1) is 0 Å². The van der Waals surface area contributed by atoms with E-state index in [1.807, 2.05) is 0 Å². The van der Waals surface area contributed by atoms with Gasteiger partial charge in [-0.25, -0.2) is 0 Å². The topological polar surface area (TPSA) is 12.0 Å². The number of hydrogen-bond acceptors (Lipinski definition) is 1. The molecule has 16 heavy (non-hydrogen) atoms. The summed E-state index contributed by atoms with van der Waals surface area (Å²) in [6.07, 6.45) is 2.09. The Morgan fingerprint density at radius 3 is 2.62 bits per heavy atom. The summed E-state index contributed by atoms with van der Waals surface area (Å²) in [5.41, 5.74) is 2.70. The molecular formula is C14H20IN. The fraction of sp³-hybridized carbons (Fsp3) is 0.429. The van der Waals surface area contributed by atoms with E-state index in [4.69, 9.17) is 0 Å². The first kappa shape index (κ1) is 13.7. The predicted molar refractivity (Wildman–Crippen MR) is 79.6 cm³/mol. The first-order valence-electron chi connectivity index (χ1n) is 5.83. The van der Waals surface area contributed by atoms with Gasteiger partial charge in [0.05, 0.1) is 0 Å². The van der Waals surface area contributed by atoms with Crippen LogP contribution in [0.15, 0.2) is 36.4 Å². The molecule has 0 aliphatic carbocycles. The van der Waals surface area contributed by atoms with E-state index in [1.54, 1.807) is 0 Å². The molecule has 0 aliphatic heterocycles. The van der Waals surface area contributed by atoms with Gasteiger partial charge in [0, 0.05) is 9.61 Å². The molecule has 1 aromatic carbocycles. The summed E-state index contributed by atoms with van der Waals surface area (Å²) >= 11 is 2.40. The molecule has 2 heteroatoms. The van der Waals surface area contributed by atoms with Gasteiger partial charge < -0.3 is 5.32 Å². The highest BCUT2D eigenvalue weighted by Crippen LogP contribution is 2.25. The third-order valence-electron chi connectivity index (χ3n) is 2.72. The van der Waals surface area contributed by atoms with Crippen LogP contribution in [-0.2, 0) is 0 Å². The van der Waals surface area contributed by atoms with E-state index in [9.17, 15) is 0 Å². The van der Waals surface area contributed by atoms with E-state index >= 15 is 0 Å². The second-order valence-electron chi connectivity index (χ2n) is 3.94. The highest BCUT2D eigenvalue weighted by molar-refractivity contribution is 14.1. The monoisotopic (exact) mass is 329 g/mol. The zero-order valence-electron chi connectivity index (χ0n) is 10.1. The lowest BCUT2D eigenvalue weighted by atomic mass is 9.98. The molecule has 1 rings (SSSR count). The molecule has 1 aromatic rings. The lowest BCUT2D eigenvalue weighted by Gasteiger charge is -2.20. The van der Waals surface area contributed by atoms with E-state index in [0.717, 1.165) is 19.4 Å². The number of hydrogen-bond donors (Lipinski definition) is 1. The summed E-state index contributed by atoms with van der Waals surface area (Å²) in [6, 6.07) is 8.97. The third-order valence-corrected chi connectivity index (χ3v) is 3.71. The van der Waals surface area contributed by atoms with Crippen molar-refractivity contribution in [3.8, 4) is 0 Å². The molecule has 0 saturated carbocycles. The Labute approximate surface area is 112 Å². The van der Waals surface area contributed by atoms with E-state index in [0.29, 0.717) is 6.04 Å². The number of halogens is 1. The van der Waals surface area contributed by atoms with Crippen molar-refractivity contribution in [3.05, 3.63) is 45.6 Å². The Bertz CT molecular complexity index is 346. The first-order valence-corrected chi connectivity index (χ1v) is 6.91. The molecule has 0 saturated heterocycles. The molecule has 0 aromatic heterocycles. The summed E-state index contributed by atoms with van der Waals surface area (Å²) in [5, 5.41) is 3.54. The molecular weight excluding hydrogens is 309 g/mol. The minimum atomic E-state index is 0.408. The molecule has 0 bridgehead atoms. The molecule has 88 valence electrons. The van der Waals surface area contributed by atoms with E-state index < -0.39 is 0 Å². The Balaban J connectivity index is 2.85. The maximum absolute atomic E-state index is 4.11. The van der Waals surface area contributed by atoms with Gasteiger partial charge in [-0.1, -0.05) is 44.2 Å². The van der Waals surface area contributed by atoms with Crippen LogP contribution < -0.4 is 5.32 Å². The maximum atomic E-state index is 4.11. The van der Waals surface area contributed by atoms with Crippen LogP contribution >= 0.6 is 22.6 Å². The Morgan fingerprint density at radius 2 is 2.06 bits per heavy atom. The zero-order chi connectivity index (χ0) is 12.0. The van der Waals surface area contributed by atoms with E-state index in [-0.39, 0.29) is 0 Å². The van der Waals surface area contributed by atoms with Crippen molar-refractivity contribution in [2.45, 2.75) is 32.7 Å². The Hall–Kier alpha value is -0.350. The number of rotatable bonds is 6. The lowest BCUT2D eigenvalue weighted by molar-refractivity contribution is 0.541. The summed E-state index contributed by atoms with van der Waals surface area (Å²) in [6.45, 7) is 9.42. The fourth-order valence-corrected chi connectivity index (χ4v) is 2.49. The largest absolute Gasteiger partial charge is 0.310 e. The molecule has 1 nitrogen and oxygen atoms in total. The predicted octanol–water partition coefficient (Wildman–Crippen LogP) is 4.30. The Morgan fingerprint density at radius 1 is 1.38 bits per heavy atom. The van der Waals surface area contributed by atoms with E-state index in [2.05, 4.69) is 72.6 Å². The lowest BCUT2D eigenvalue weighted by Crippen LogP contribution is -2.22. The van der Waals surface area contributed by atoms with Crippen molar-refractivity contribution < 1.29 is 0 Å². The van der Waals surface area contributed by atoms with Crippen LogP contribution in [0.3, 0.4) is 0 Å². The van der Waals surface area contributed by atoms with Crippen LogP contribution in [0.5, 0.6) is 0 Å². The van der Waals surface area contributed by atoms with Gasteiger partial charge in [0.1, 0.15) is 0 Å². The molecule has 0 fully saturated rings. The van der Waals surface area contributed by atoms with Crippen LogP contribution in [0.2, 0.25) is 0 Å². The van der Waals surface area contributed by atoms with Crippen molar-refractivity contribution in [2.75, 3.05) is 6.54 Å². The smallest absolute Gasteiger partial charge is 0.0367 e. The number of benzene rings is 1. The van der Waals surface area contributed by atoms with Gasteiger partial charge in [0.2, 0.25) is 0 Å². The summed E-state index contributed by atoms with van der Waals surface area (Å²) in [7, 11) is 0. The van der Waals surface area contributed by atoms with Crippen molar-refractivity contribution in [3.63, 3.8) is 0 Å². The fourth-order valence-electron chi connectivity index (χ4n) is 1.73. The molecule has 0 heterocycles. The van der Waals surface area contributed by atoms with Crippen molar-refractivity contribution in [2.24, 2.45) is 0 Å². The van der Waals surface area contributed by atoms with Gasteiger partial charge in [-0.2, -0.15) is 0 Å². The standard InChI is InChI=1S/C14H20IN/c1-4-11(3)10-14(16-5-2)12-8-6-7-9-13(12)15/h6-9,14,16H,3-5,10H2,1-2H3. The second-order valence-corrected chi connectivity index (χ2v) is 5.10. The quantitative estimate of drug-likeness (QED) is 0.606. The third kappa shape index (κ3) is 3.91. The molecule has 1 unspecified atom stereocenters. The highest BCUT2D eigenvalue weighted by Gasteiger charge is 2.13. The van der Waals surface area contributed by atoms with Gasteiger partial charge in [-0.3, -0.25) is 0 Å². The van der Waals surface area contributed by atoms with Gasteiger partial charge in [0.25, 0.3) is 0 Å². The van der Waals surface area contributed by atoms with Crippen LogP contribution in [0, 0.1) is 3.57 Å². The van der Waals surface area contributed by atoms with Crippen LogP contribution in [-0.4, -0.2) is 6.54 Å². The average molecular weight is 329 g/mol. The van der Waals surface area contributed by atoms with Gasteiger partial charge in [-0.05, 0) is 53.6 Å². The minimum Gasteiger partial charge on any atom is -0.310 e. The average Bonchev–Trinajstić information content (AvgIpc) is 2.29. The van der Waals surface area contributed by atoms with E-state index in [1.165, 1.54) is 14.7 Å². The normalized spacial score (nSPS) is 12.4. The van der Waals surface area contributed by atoms with Crippen LogP contribution in [0.1, 0.15) is 38.3 Å².